The largest absolute Gasteiger partial charge is 0.444 e. The third-order valence-electron chi connectivity index (χ3n) is 2.05. The second-order valence-electron chi connectivity index (χ2n) is 4.57. The van der Waals surface area contributed by atoms with Crippen LogP contribution in [0.4, 0.5) is 13.6 Å². The normalized spacial score (nSPS) is 24.7. The summed E-state index contributed by atoms with van der Waals surface area (Å²) in [5.41, 5.74) is -0.720. The molecule has 88 valence electrons. The Kier molecular flexibility index (Phi) is 2.91. The van der Waals surface area contributed by atoms with Crippen molar-refractivity contribution in [3.05, 3.63) is 0 Å². The lowest BCUT2D eigenvalue weighted by Gasteiger charge is -2.46. The number of aliphatic hydroxyl groups excluding tert-OH is 1. The van der Waals surface area contributed by atoms with E-state index in [0.717, 1.165) is 4.90 Å². The van der Waals surface area contributed by atoms with Gasteiger partial charge in [-0.3, -0.25) is 4.90 Å². The van der Waals surface area contributed by atoms with Crippen molar-refractivity contribution in [2.24, 2.45) is 0 Å². The zero-order chi connectivity index (χ0) is 11.9. The van der Waals surface area contributed by atoms with Gasteiger partial charge in [0.25, 0.3) is 5.92 Å². The summed E-state index contributed by atoms with van der Waals surface area (Å²) in [5.74, 6) is -3.01. The van der Waals surface area contributed by atoms with Crippen molar-refractivity contribution in [2.45, 2.75) is 38.3 Å². The van der Waals surface area contributed by atoms with E-state index in [1.807, 2.05) is 0 Å². The average molecular weight is 223 g/mol. The average Bonchev–Trinajstić information content (AvgIpc) is 1.97. The zero-order valence-electron chi connectivity index (χ0n) is 8.96. The highest BCUT2D eigenvalue weighted by molar-refractivity contribution is 5.70. The minimum atomic E-state index is -3.01. The molecule has 1 amide bonds. The van der Waals surface area contributed by atoms with E-state index < -0.39 is 36.8 Å². The second kappa shape index (κ2) is 3.59. The highest BCUT2D eigenvalue weighted by Gasteiger charge is 2.57. The summed E-state index contributed by atoms with van der Waals surface area (Å²) in [7, 11) is 0. The fraction of sp³-hybridized carbons (Fsp3) is 0.889. The van der Waals surface area contributed by atoms with E-state index in [4.69, 9.17) is 9.84 Å². The number of nitrogens with zero attached hydrogens (tertiary/aromatic N) is 1. The number of carbonyl (C=O) groups is 1. The highest BCUT2D eigenvalue weighted by Crippen LogP contribution is 2.35. The first-order valence-electron chi connectivity index (χ1n) is 4.66. The summed E-state index contributed by atoms with van der Waals surface area (Å²) < 4.78 is 30.6. The van der Waals surface area contributed by atoms with Crippen LogP contribution in [0.25, 0.3) is 0 Å². The Morgan fingerprint density at radius 3 is 2.47 bits per heavy atom. The smallest absolute Gasteiger partial charge is 0.411 e. The van der Waals surface area contributed by atoms with E-state index in [2.05, 4.69) is 0 Å². The summed E-state index contributed by atoms with van der Waals surface area (Å²) in [6, 6.07) is -1.45. The quantitative estimate of drug-likeness (QED) is 0.727. The summed E-state index contributed by atoms with van der Waals surface area (Å²) in [5, 5.41) is 8.71. The van der Waals surface area contributed by atoms with Crippen LogP contribution in [0.15, 0.2) is 0 Å². The number of hydrogen-bond donors (Lipinski definition) is 1. The highest BCUT2D eigenvalue weighted by atomic mass is 19.3. The number of amides is 1. The number of likely N-dealkylation sites (tertiary alicyclic amines) is 1. The molecule has 15 heavy (non-hydrogen) atoms. The Bertz CT molecular complexity index is 263. The van der Waals surface area contributed by atoms with Crippen molar-refractivity contribution >= 4 is 6.09 Å². The molecule has 0 saturated carbocycles. The number of hydrogen-bond acceptors (Lipinski definition) is 3. The summed E-state index contributed by atoms with van der Waals surface area (Å²) in [6.45, 7) is 3.50. The maximum atomic E-state index is 12.8. The maximum absolute atomic E-state index is 12.8. The minimum Gasteiger partial charge on any atom is -0.444 e. The van der Waals surface area contributed by atoms with Gasteiger partial charge in [-0.25, -0.2) is 13.6 Å². The molecular formula is C9H15F2NO3. The molecule has 0 bridgehead atoms. The van der Waals surface area contributed by atoms with Gasteiger partial charge >= 0.3 is 6.09 Å². The first kappa shape index (κ1) is 12.2. The summed E-state index contributed by atoms with van der Waals surface area (Å²) in [6.07, 6.45) is -0.813. The van der Waals surface area contributed by atoms with Gasteiger partial charge in [0.15, 0.2) is 0 Å². The molecule has 0 aromatic rings. The summed E-state index contributed by atoms with van der Waals surface area (Å²) >= 11 is 0. The van der Waals surface area contributed by atoms with Gasteiger partial charge in [-0.2, -0.15) is 0 Å². The van der Waals surface area contributed by atoms with Gasteiger partial charge in [0.2, 0.25) is 0 Å². The van der Waals surface area contributed by atoms with Crippen molar-refractivity contribution in [1.29, 1.82) is 0 Å². The van der Waals surface area contributed by atoms with Gasteiger partial charge in [-0.05, 0) is 20.8 Å². The molecule has 1 unspecified atom stereocenters. The molecule has 1 rings (SSSR count). The van der Waals surface area contributed by atoms with E-state index in [1.54, 1.807) is 20.8 Å². The molecule has 1 saturated heterocycles. The first-order valence-corrected chi connectivity index (χ1v) is 4.66. The molecule has 0 spiro atoms. The van der Waals surface area contributed by atoms with Crippen LogP contribution in [-0.4, -0.2) is 46.8 Å². The van der Waals surface area contributed by atoms with Crippen LogP contribution in [0, 0.1) is 0 Å². The van der Waals surface area contributed by atoms with Gasteiger partial charge < -0.3 is 9.84 Å². The number of alkyl halides is 2. The second-order valence-corrected chi connectivity index (χ2v) is 4.57. The van der Waals surface area contributed by atoms with Crippen molar-refractivity contribution in [3.8, 4) is 0 Å². The lowest BCUT2D eigenvalue weighted by atomic mass is 10.00. The predicted octanol–water partition coefficient (Wildman–Crippen LogP) is 1.23. The molecule has 1 aliphatic heterocycles. The molecule has 6 heteroatoms. The SMILES string of the molecule is CC(C)(C)OC(=O)N1CC(F)(F)C1CO. The zero-order valence-corrected chi connectivity index (χ0v) is 8.96. The molecule has 4 nitrogen and oxygen atoms in total. The maximum Gasteiger partial charge on any atom is 0.411 e. The van der Waals surface area contributed by atoms with Crippen LogP contribution >= 0.6 is 0 Å². The fourth-order valence-electron chi connectivity index (χ4n) is 1.30. The van der Waals surface area contributed by atoms with Crippen LogP contribution in [0.2, 0.25) is 0 Å². The van der Waals surface area contributed by atoms with Crippen LogP contribution in [0.5, 0.6) is 0 Å². The van der Waals surface area contributed by atoms with Gasteiger partial charge in [0.05, 0.1) is 13.2 Å². The molecule has 0 aromatic carbocycles. The van der Waals surface area contributed by atoms with Gasteiger partial charge in [0.1, 0.15) is 11.6 Å². The van der Waals surface area contributed by atoms with E-state index >= 15 is 0 Å². The van der Waals surface area contributed by atoms with Crippen molar-refractivity contribution in [3.63, 3.8) is 0 Å². The van der Waals surface area contributed by atoms with Gasteiger partial charge in [-0.1, -0.05) is 0 Å². The van der Waals surface area contributed by atoms with Crippen LogP contribution in [-0.2, 0) is 4.74 Å². The lowest BCUT2D eigenvalue weighted by Crippen LogP contribution is -2.68. The van der Waals surface area contributed by atoms with E-state index in [-0.39, 0.29) is 0 Å². The minimum absolute atomic E-state index is 0.687. The van der Waals surface area contributed by atoms with E-state index in [9.17, 15) is 13.6 Å². The predicted molar refractivity (Wildman–Crippen MR) is 48.8 cm³/mol. The van der Waals surface area contributed by atoms with Crippen LogP contribution < -0.4 is 0 Å². The summed E-state index contributed by atoms with van der Waals surface area (Å²) in [4.78, 5) is 12.2. The monoisotopic (exact) mass is 223 g/mol. The molecule has 0 aromatic heterocycles. The topological polar surface area (TPSA) is 49.8 Å². The number of halogens is 2. The van der Waals surface area contributed by atoms with Crippen molar-refractivity contribution in [2.75, 3.05) is 13.2 Å². The van der Waals surface area contributed by atoms with E-state index in [0.29, 0.717) is 0 Å². The molecule has 1 N–H and O–H groups in total. The number of ether oxygens (including phenoxy) is 1. The third-order valence-corrected chi connectivity index (χ3v) is 2.05. The number of carbonyl (C=O) groups excluding carboxylic acids is 1. The first-order chi connectivity index (χ1) is 6.67. The molecular weight excluding hydrogens is 208 g/mol. The van der Waals surface area contributed by atoms with Gasteiger partial charge in [-0.15, -0.1) is 0 Å². The Hall–Kier alpha value is -0.910. The molecule has 1 atom stereocenters. The van der Waals surface area contributed by atoms with Crippen molar-refractivity contribution in [1.82, 2.24) is 4.90 Å². The van der Waals surface area contributed by atoms with Gasteiger partial charge in [0, 0.05) is 0 Å². The molecule has 1 heterocycles. The molecule has 0 aliphatic carbocycles. The standard InChI is InChI=1S/C9H15F2NO3/c1-8(2,3)15-7(14)12-5-9(10,11)6(12)4-13/h6,13H,4-5H2,1-3H3. The van der Waals surface area contributed by atoms with E-state index in [1.165, 1.54) is 0 Å². The number of rotatable bonds is 1. The molecule has 1 aliphatic rings. The third kappa shape index (κ3) is 2.56. The Morgan fingerprint density at radius 2 is 2.13 bits per heavy atom. The lowest BCUT2D eigenvalue weighted by molar-refractivity contribution is -0.185. The van der Waals surface area contributed by atoms with Crippen molar-refractivity contribution < 1.29 is 23.4 Å². The fourth-order valence-corrected chi connectivity index (χ4v) is 1.30. The van der Waals surface area contributed by atoms with Crippen LogP contribution in [0.1, 0.15) is 20.8 Å². The van der Waals surface area contributed by atoms with Crippen LogP contribution in [0.3, 0.4) is 0 Å². The molecule has 0 radical (unpaired) electrons. The Balaban J connectivity index is 2.57. The molecule has 1 fully saturated rings. The Labute approximate surface area is 86.8 Å². The number of aliphatic hydroxyl groups is 1. The Morgan fingerprint density at radius 1 is 1.60 bits per heavy atom.